The molecule has 0 saturated heterocycles. The van der Waals surface area contributed by atoms with Gasteiger partial charge in [0.2, 0.25) is 6.79 Å². The molecule has 2 aromatic carbocycles. The van der Waals surface area contributed by atoms with Crippen LogP contribution >= 0.6 is 0 Å². The SMILES string of the molecule is Cc1cc(C)cc(-n2ncc3c(NCc4ccc5c(c4)OCO5)ncnc32)c1. The van der Waals surface area contributed by atoms with Crippen LogP contribution < -0.4 is 14.8 Å². The molecule has 1 N–H and O–H groups in total. The molecule has 0 unspecified atom stereocenters. The molecule has 7 nitrogen and oxygen atoms in total. The van der Waals surface area contributed by atoms with Crippen LogP contribution in [0.5, 0.6) is 11.5 Å². The summed E-state index contributed by atoms with van der Waals surface area (Å²) in [7, 11) is 0. The number of anilines is 1. The highest BCUT2D eigenvalue weighted by Gasteiger charge is 2.14. The summed E-state index contributed by atoms with van der Waals surface area (Å²) in [6, 6.07) is 12.3. The number of fused-ring (bicyclic) bond motifs is 2. The molecule has 0 amide bonds. The average Bonchev–Trinajstić information content (AvgIpc) is 3.32. The molecule has 5 rings (SSSR count). The maximum atomic E-state index is 5.44. The van der Waals surface area contributed by atoms with Crippen molar-refractivity contribution in [2.24, 2.45) is 0 Å². The van der Waals surface area contributed by atoms with Crippen LogP contribution in [-0.2, 0) is 6.54 Å². The first kappa shape index (κ1) is 16.6. The minimum Gasteiger partial charge on any atom is -0.454 e. The van der Waals surface area contributed by atoms with Gasteiger partial charge < -0.3 is 14.8 Å². The first-order chi connectivity index (χ1) is 13.7. The summed E-state index contributed by atoms with van der Waals surface area (Å²) in [5.74, 6) is 2.30. The van der Waals surface area contributed by atoms with E-state index >= 15 is 0 Å². The molecule has 0 bridgehead atoms. The molecule has 0 fully saturated rings. The minimum absolute atomic E-state index is 0.274. The standard InChI is InChI=1S/C21H19N5O2/c1-13-5-14(2)7-16(6-13)26-21-17(10-25-26)20(23-11-24-21)22-9-15-3-4-18-19(8-15)28-12-27-18/h3-8,10-11H,9,12H2,1-2H3,(H,22,23,24). The van der Waals surface area contributed by atoms with Crippen LogP contribution in [0.1, 0.15) is 16.7 Å². The van der Waals surface area contributed by atoms with E-state index in [0.717, 1.165) is 39.6 Å². The molecule has 4 aromatic rings. The summed E-state index contributed by atoms with van der Waals surface area (Å²) in [6.07, 6.45) is 3.36. The van der Waals surface area contributed by atoms with Crippen LogP contribution in [0.2, 0.25) is 0 Å². The third-order valence-corrected chi connectivity index (χ3v) is 4.71. The van der Waals surface area contributed by atoms with Gasteiger partial charge in [-0.3, -0.25) is 0 Å². The third kappa shape index (κ3) is 2.90. The second-order valence-corrected chi connectivity index (χ2v) is 6.90. The summed E-state index contributed by atoms with van der Waals surface area (Å²) < 4.78 is 12.7. The van der Waals surface area contributed by atoms with Gasteiger partial charge in [-0.15, -0.1) is 0 Å². The fraction of sp³-hybridized carbons (Fsp3) is 0.190. The van der Waals surface area contributed by atoms with Crippen molar-refractivity contribution in [1.82, 2.24) is 19.7 Å². The van der Waals surface area contributed by atoms with Crippen LogP contribution in [-0.4, -0.2) is 26.5 Å². The molecule has 7 heteroatoms. The number of hydrogen-bond acceptors (Lipinski definition) is 6. The lowest BCUT2D eigenvalue weighted by Gasteiger charge is -2.08. The molecule has 0 spiro atoms. The van der Waals surface area contributed by atoms with Crippen LogP contribution in [0.15, 0.2) is 48.9 Å². The Morgan fingerprint density at radius 3 is 2.68 bits per heavy atom. The Morgan fingerprint density at radius 2 is 1.82 bits per heavy atom. The van der Waals surface area contributed by atoms with Gasteiger partial charge in [0.1, 0.15) is 12.1 Å². The highest BCUT2D eigenvalue weighted by Crippen LogP contribution is 2.32. The van der Waals surface area contributed by atoms with Gasteiger partial charge in [-0.25, -0.2) is 14.6 Å². The Kier molecular flexibility index (Phi) is 3.86. The summed E-state index contributed by atoms with van der Waals surface area (Å²) in [6.45, 7) is 5.04. The van der Waals surface area contributed by atoms with E-state index in [-0.39, 0.29) is 6.79 Å². The number of aromatic nitrogens is 4. The molecule has 1 aliphatic rings. The van der Waals surface area contributed by atoms with E-state index in [9.17, 15) is 0 Å². The molecule has 0 saturated carbocycles. The fourth-order valence-electron chi connectivity index (χ4n) is 3.48. The molecule has 0 aliphatic carbocycles. The number of benzene rings is 2. The number of aryl methyl sites for hydroxylation is 2. The molecule has 0 radical (unpaired) electrons. The Bertz CT molecular complexity index is 1160. The van der Waals surface area contributed by atoms with E-state index in [4.69, 9.17) is 9.47 Å². The molecule has 28 heavy (non-hydrogen) atoms. The van der Waals surface area contributed by atoms with Gasteiger partial charge in [-0.05, 0) is 54.8 Å². The van der Waals surface area contributed by atoms with Crippen molar-refractivity contribution in [3.63, 3.8) is 0 Å². The van der Waals surface area contributed by atoms with E-state index in [1.165, 1.54) is 11.1 Å². The van der Waals surface area contributed by atoms with Crippen molar-refractivity contribution in [3.05, 3.63) is 65.6 Å². The van der Waals surface area contributed by atoms with Crippen molar-refractivity contribution >= 4 is 16.9 Å². The van der Waals surface area contributed by atoms with Crippen molar-refractivity contribution < 1.29 is 9.47 Å². The normalized spacial score (nSPS) is 12.5. The van der Waals surface area contributed by atoms with Gasteiger partial charge in [-0.2, -0.15) is 5.10 Å². The number of rotatable bonds is 4. The topological polar surface area (TPSA) is 74.1 Å². The molecule has 2 aromatic heterocycles. The second kappa shape index (κ2) is 6.53. The molecular weight excluding hydrogens is 354 g/mol. The van der Waals surface area contributed by atoms with Crippen molar-refractivity contribution in [2.75, 3.05) is 12.1 Å². The van der Waals surface area contributed by atoms with Crippen molar-refractivity contribution in [1.29, 1.82) is 0 Å². The predicted molar refractivity (Wildman–Crippen MR) is 106 cm³/mol. The quantitative estimate of drug-likeness (QED) is 0.587. The van der Waals surface area contributed by atoms with Gasteiger partial charge in [-0.1, -0.05) is 12.1 Å². The van der Waals surface area contributed by atoms with E-state index < -0.39 is 0 Å². The van der Waals surface area contributed by atoms with Gasteiger partial charge in [0.05, 0.1) is 17.3 Å². The van der Waals surface area contributed by atoms with E-state index in [1.54, 1.807) is 12.5 Å². The van der Waals surface area contributed by atoms with Gasteiger partial charge in [0.15, 0.2) is 17.1 Å². The zero-order chi connectivity index (χ0) is 19.1. The maximum Gasteiger partial charge on any atom is 0.231 e. The number of ether oxygens (including phenoxy) is 2. The molecule has 0 atom stereocenters. The highest BCUT2D eigenvalue weighted by molar-refractivity contribution is 5.87. The molecule has 1 aliphatic heterocycles. The van der Waals surface area contributed by atoms with Crippen molar-refractivity contribution in [3.8, 4) is 17.2 Å². The predicted octanol–water partition coefficient (Wildman–Crippen LogP) is 3.77. The highest BCUT2D eigenvalue weighted by atomic mass is 16.7. The van der Waals surface area contributed by atoms with Crippen LogP contribution in [0.4, 0.5) is 5.82 Å². The Hall–Kier alpha value is -3.61. The molecule has 140 valence electrons. The van der Waals surface area contributed by atoms with Crippen molar-refractivity contribution in [2.45, 2.75) is 20.4 Å². The van der Waals surface area contributed by atoms with Crippen LogP contribution in [0.3, 0.4) is 0 Å². The molecular formula is C21H19N5O2. The second-order valence-electron chi connectivity index (χ2n) is 6.90. The maximum absolute atomic E-state index is 5.44. The lowest BCUT2D eigenvalue weighted by atomic mass is 10.1. The van der Waals surface area contributed by atoms with E-state index in [2.05, 4.69) is 52.4 Å². The van der Waals surface area contributed by atoms with Gasteiger partial charge in [0.25, 0.3) is 0 Å². The minimum atomic E-state index is 0.274. The summed E-state index contributed by atoms with van der Waals surface area (Å²) in [4.78, 5) is 8.86. The van der Waals surface area contributed by atoms with Crippen LogP contribution in [0.25, 0.3) is 16.7 Å². The number of nitrogens with one attached hydrogen (secondary N) is 1. The summed E-state index contributed by atoms with van der Waals surface area (Å²) in [5.41, 5.74) is 5.22. The third-order valence-electron chi connectivity index (χ3n) is 4.71. The van der Waals surface area contributed by atoms with Gasteiger partial charge in [0, 0.05) is 6.54 Å². The average molecular weight is 373 g/mol. The largest absolute Gasteiger partial charge is 0.454 e. The van der Waals surface area contributed by atoms with E-state index in [0.29, 0.717) is 6.54 Å². The molecule has 3 heterocycles. The summed E-state index contributed by atoms with van der Waals surface area (Å²) >= 11 is 0. The Balaban J connectivity index is 1.45. The Morgan fingerprint density at radius 1 is 1.00 bits per heavy atom. The number of hydrogen-bond donors (Lipinski definition) is 1. The monoisotopic (exact) mass is 373 g/mol. The van der Waals surface area contributed by atoms with E-state index in [1.807, 2.05) is 22.9 Å². The fourth-order valence-corrected chi connectivity index (χ4v) is 3.48. The lowest BCUT2D eigenvalue weighted by molar-refractivity contribution is 0.174. The summed E-state index contributed by atoms with van der Waals surface area (Å²) in [5, 5.41) is 8.81. The lowest BCUT2D eigenvalue weighted by Crippen LogP contribution is -2.03. The van der Waals surface area contributed by atoms with Crippen LogP contribution in [0, 0.1) is 13.8 Å². The smallest absolute Gasteiger partial charge is 0.231 e. The van der Waals surface area contributed by atoms with Gasteiger partial charge >= 0.3 is 0 Å². The Labute approximate surface area is 162 Å². The first-order valence-corrected chi connectivity index (χ1v) is 9.07. The first-order valence-electron chi connectivity index (χ1n) is 9.07. The zero-order valence-corrected chi connectivity index (χ0v) is 15.6. The number of nitrogens with zero attached hydrogens (tertiary/aromatic N) is 4. The zero-order valence-electron chi connectivity index (χ0n) is 15.6.